The number of aliphatic carboxylic acids is 1. The van der Waals surface area contributed by atoms with E-state index in [0.717, 1.165) is 28.8 Å². The number of nitrogens with one attached hydrogen (secondary N) is 1. The van der Waals surface area contributed by atoms with Gasteiger partial charge < -0.3 is 5.11 Å². The van der Waals surface area contributed by atoms with Crippen LogP contribution in [0.2, 0.25) is 0 Å². The van der Waals surface area contributed by atoms with Gasteiger partial charge in [-0.15, -0.1) is 11.3 Å². The standard InChI is InChI=1S/C22H24N2O4S2/c25-22(26)11-10-19-15-18(21(29-19)14-17-6-4-12-23-16-17)7-5-13-24-30(27,28)20-8-2-1-3-9-20/h1-4,6,8-9,12,15-16,24H,5,7,10-11,13-14H2,(H,25,26). The number of nitrogens with zero attached hydrogens (tertiary/aromatic N) is 1. The Balaban J connectivity index is 1.63. The van der Waals surface area contributed by atoms with Crippen LogP contribution in [0.5, 0.6) is 0 Å². The fraction of sp³-hybridized carbons (Fsp3) is 0.273. The molecule has 0 aliphatic heterocycles. The molecule has 0 atom stereocenters. The van der Waals surface area contributed by atoms with Crippen molar-refractivity contribution in [1.29, 1.82) is 0 Å². The van der Waals surface area contributed by atoms with Crippen LogP contribution in [0.1, 0.15) is 33.7 Å². The molecular formula is C22H24N2O4S2. The summed E-state index contributed by atoms with van der Waals surface area (Å²) in [4.78, 5) is 17.5. The fourth-order valence-corrected chi connectivity index (χ4v) is 5.45. The smallest absolute Gasteiger partial charge is 0.303 e. The molecule has 0 aliphatic carbocycles. The molecule has 2 N–H and O–H groups in total. The number of benzene rings is 1. The third kappa shape index (κ3) is 6.48. The summed E-state index contributed by atoms with van der Waals surface area (Å²) < 4.78 is 27.3. The zero-order valence-corrected chi connectivity index (χ0v) is 18.1. The van der Waals surface area contributed by atoms with Crippen molar-refractivity contribution < 1.29 is 18.3 Å². The Morgan fingerprint density at radius 1 is 1.10 bits per heavy atom. The summed E-state index contributed by atoms with van der Waals surface area (Å²) in [7, 11) is -3.51. The van der Waals surface area contributed by atoms with E-state index >= 15 is 0 Å². The van der Waals surface area contributed by atoms with Crippen molar-refractivity contribution in [2.75, 3.05) is 6.54 Å². The normalized spacial score (nSPS) is 11.5. The van der Waals surface area contributed by atoms with Crippen LogP contribution in [0.4, 0.5) is 0 Å². The maximum atomic E-state index is 12.3. The minimum absolute atomic E-state index is 0.100. The number of thiophene rings is 1. The maximum absolute atomic E-state index is 12.3. The second-order valence-corrected chi connectivity index (χ2v) is 9.90. The summed E-state index contributed by atoms with van der Waals surface area (Å²) in [6.45, 7) is 0.337. The monoisotopic (exact) mass is 444 g/mol. The highest BCUT2D eigenvalue weighted by Crippen LogP contribution is 2.27. The van der Waals surface area contributed by atoms with Gasteiger partial charge in [0.05, 0.1) is 11.3 Å². The third-order valence-corrected chi connectivity index (χ3v) is 7.30. The Morgan fingerprint density at radius 2 is 1.90 bits per heavy atom. The van der Waals surface area contributed by atoms with Gasteiger partial charge >= 0.3 is 5.97 Å². The Hall–Kier alpha value is -2.55. The molecule has 0 spiro atoms. The zero-order valence-electron chi connectivity index (χ0n) is 16.5. The second kappa shape index (κ2) is 10.5. The average Bonchev–Trinajstić information content (AvgIpc) is 3.12. The van der Waals surface area contributed by atoms with Gasteiger partial charge in [-0.25, -0.2) is 13.1 Å². The van der Waals surface area contributed by atoms with Crippen LogP contribution < -0.4 is 4.72 Å². The second-order valence-electron chi connectivity index (χ2n) is 6.91. The number of hydrogen-bond donors (Lipinski definition) is 2. The summed E-state index contributed by atoms with van der Waals surface area (Å²) >= 11 is 1.63. The Morgan fingerprint density at radius 3 is 2.60 bits per heavy atom. The van der Waals surface area contributed by atoms with E-state index in [1.54, 1.807) is 47.9 Å². The number of aryl methyl sites for hydroxylation is 2. The number of carboxylic acid groups (broad SMARTS) is 1. The van der Waals surface area contributed by atoms with Crippen molar-refractivity contribution in [1.82, 2.24) is 9.71 Å². The lowest BCUT2D eigenvalue weighted by atomic mass is 10.1. The molecule has 0 amide bonds. The molecule has 3 aromatic rings. The Labute approximate surface area is 180 Å². The molecule has 2 heterocycles. The molecule has 0 fully saturated rings. The number of hydrogen-bond acceptors (Lipinski definition) is 5. The molecular weight excluding hydrogens is 420 g/mol. The first-order chi connectivity index (χ1) is 14.4. The summed E-state index contributed by atoms with van der Waals surface area (Å²) in [6.07, 6.45) is 6.27. The Kier molecular flexibility index (Phi) is 7.73. The van der Waals surface area contributed by atoms with Gasteiger partial charge in [0.2, 0.25) is 10.0 Å². The highest BCUT2D eigenvalue weighted by Gasteiger charge is 2.14. The highest BCUT2D eigenvalue weighted by molar-refractivity contribution is 7.89. The predicted molar refractivity (Wildman–Crippen MR) is 117 cm³/mol. The molecule has 0 saturated heterocycles. The van der Waals surface area contributed by atoms with E-state index in [9.17, 15) is 13.2 Å². The molecule has 8 heteroatoms. The minimum atomic E-state index is -3.51. The van der Waals surface area contributed by atoms with Crippen LogP contribution in [-0.4, -0.2) is 31.0 Å². The van der Waals surface area contributed by atoms with Crippen LogP contribution in [0.3, 0.4) is 0 Å². The summed E-state index contributed by atoms with van der Waals surface area (Å²) in [5.74, 6) is -0.811. The fourth-order valence-electron chi connectivity index (χ4n) is 3.10. The number of pyridine rings is 1. The van der Waals surface area contributed by atoms with E-state index < -0.39 is 16.0 Å². The van der Waals surface area contributed by atoms with Crippen LogP contribution >= 0.6 is 11.3 Å². The third-order valence-electron chi connectivity index (χ3n) is 4.59. The van der Waals surface area contributed by atoms with Crippen molar-refractivity contribution in [2.24, 2.45) is 0 Å². The number of sulfonamides is 1. The number of rotatable bonds is 11. The molecule has 3 rings (SSSR count). The van der Waals surface area contributed by atoms with Gasteiger partial charge in [-0.2, -0.15) is 0 Å². The topological polar surface area (TPSA) is 96.4 Å². The maximum Gasteiger partial charge on any atom is 0.303 e. The van der Waals surface area contributed by atoms with Gasteiger partial charge in [-0.3, -0.25) is 9.78 Å². The molecule has 2 aromatic heterocycles. The summed E-state index contributed by atoms with van der Waals surface area (Å²) in [5, 5.41) is 8.96. The van der Waals surface area contributed by atoms with E-state index in [2.05, 4.69) is 15.8 Å². The molecule has 0 unspecified atom stereocenters. The SMILES string of the molecule is O=C(O)CCc1cc(CCCNS(=O)(=O)c2ccccc2)c(Cc2cccnc2)s1. The first-order valence-corrected chi connectivity index (χ1v) is 12.0. The van der Waals surface area contributed by atoms with Crippen molar-refractivity contribution in [3.63, 3.8) is 0 Å². The molecule has 0 bridgehead atoms. The first-order valence-electron chi connectivity index (χ1n) is 9.70. The molecule has 30 heavy (non-hydrogen) atoms. The van der Waals surface area contributed by atoms with E-state index in [-0.39, 0.29) is 11.3 Å². The first kappa shape index (κ1) is 22.1. The largest absolute Gasteiger partial charge is 0.481 e. The van der Waals surface area contributed by atoms with Crippen LogP contribution in [0.15, 0.2) is 65.8 Å². The average molecular weight is 445 g/mol. The molecule has 1 aromatic carbocycles. The van der Waals surface area contributed by atoms with Crippen LogP contribution in [0, 0.1) is 0 Å². The lowest BCUT2D eigenvalue weighted by Crippen LogP contribution is -2.25. The Bertz CT molecular complexity index is 1070. The van der Waals surface area contributed by atoms with E-state index in [0.29, 0.717) is 19.4 Å². The van der Waals surface area contributed by atoms with Gasteiger partial charge in [0.25, 0.3) is 0 Å². The van der Waals surface area contributed by atoms with Crippen LogP contribution in [-0.2, 0) is 34.1 Å². The quantitative estimate of drug-likeness (QED) is 0.440. The predicted octanol–water partition coefficient (Wildman–Crippen LogP) is 3.66. The van der Waals surface area contributed by atoms with E-state index in [1.165, 1.54) is 4.88 Å². The zero-order chi connectivity index (χ0) is 21.4. The van der Waals surface area contributed by atoms with E-state index in [4.69, 9.17) is 5.11 Å². The van der Waals surface area contributed by atoms with Crippen LogP contribution in [0.25, 0.3) is 0 Å². The van der Waals surface area contributed by atoms with Crippen molar-refractivity contribution >= 4 is 27.3 Å². The molecule has 6 nitrogen and oxygen atoms in total. The van der Waals surface area contributed by atoms with Gasteiger partial charge in [-0.05, 0) is 54.7 Å². The summed E-state index contributed by atoms with van der Waals surface area (Å²) in [6, 6.07) is 14.3. The highest BCUT2D eigenvalue weighted by atomic mass is 32.2. The van der Waals surface area contributed by atoms with Gasteiger partial charge in [0, 0.05) is 35.1 Å². The van der Waals surface area contributed by atoms with Gasteiger partial charge in [0.1, 0.15) is 0 Å². The molecule has 0 saturated carbocycles. The van der Waals surface area contributed by atoms with Crippen molar-refractivity contribution in [2.45, 2.75) is 37.0 Å². The lowest BCUT2D eigenvalue weighted by molar-refractivity contribution is -0.136. The molecule has 0 radical (unpaired) electrons. The minimum Gasteiger partial charge on any atom is -0.481 e. The van der Waals surface area contributed by atoms with Crippen molar-refractivity contribution in [3.8, 4) is 0 Å². The number of carbonyl (C=O) groups is 1. The number of aromatic nitrogens is 1. The molecule has 158 valence electrons. The van der Waals surface area contributed by atoms with E-state index in [1.807, 2.05) is 18.3 Å². The van der Waals surface area contributed by atoms with Gasteiger partial charge in [-0.1, -0.05) is 24.3 Å². The summed E-state index contributed by atoms with van der Waals surface area (Å²) in [5.41, 5.74) is 2.23. The number of carboxylic acids is 1. The van der Waals surface area contributed by atoms with Gasteiger partial charge in [0.15, 0.2) is 0 Å². The lowest BCUT2D eigenvalue weighted by Gasteiger charge is -2.07. The molecule has 0 aliphatic rings. The van der Waals surface area contributed by atoms with Crippen molar-refractivity contribution in [3.05, 3.63) is 81.8 Å².